The molecule has 30 heavy (non-hydrogen) atoms. The van der Waals surface area contributed by atoms with Gasteiger partial charge < -0.3 is 25.4 Å². The lowest BCUT2D eigenvalue weighted by Crippen LogP contribution is -2.44. The van der Waals surface area contributed by atoms with Crippen LogP contribution in [0.4, 0.5) is 9.80 Å². The van der Waals surface area contributed by atoms with E-state index in [-0.39, 0.29) is 5.97 Å². The van der Waals surface area contributed by atoms with E-state index in [9.17, 15) is 14.4 Å². The lowest BCUT2D eigenvalue weighted by atomic mass is 10.2. The summed E-state index contributed by atoms with van der Waals surface area (Å²) < 4.78 is 9.85. The Hall–Kier alpha value is -2.80. The fraction of sp³-hybridized carbons (Fsp3) is 0.600. The summed E-state index contributed by atoms with van der Waals surface area (Å²) in [6, 6.07) is 3.07. The minimum Gasteiger partial charge on any atom is -0.462 e. The van der Waals surface area contributed by atoms with Gasteiger partial charge in [0.15, 0.2) is 0 Å². The molecule has 1 aromatic heterocycles. The number of primary amides is 1. The number of nitrogens with zero attached hydrogens (tertiary/aromatic N) is 2. The molecule has 0 radical (unpaired) electrons. The van der Waals surface area contributed by atoms with Gasteiger partial charge in [-0.15, -0.1) is 11.3 Å². The van der Waals surface area contributed by atoms with Gasteiger partial charge in [0.05, 0.1) is 12.2 Å². The second-order valence-electron chi connectivity index (χ2n) is 7.63. The second-order valence-corrected chi connectivity index (χ2v) is 8.66. The maximum Gasteiger partial charge on any atom is 0.408 e. The zero-order valence-corrected chi connectivity index (χ0v) is 18.9. The SMILES string of the molecule is CC(NC(=O)OC(C)(C)C)C(N)=O.CCOC(=O)c1cc(C#N)c(N2CCCC2)s1. The highest BCUT2D eigenvalue weighted by Gasteiger charge is 2.22. The molecule has 2 amide bonds. The summed E-state index contributed by atoms with van der Waals surface area (Å²) >= 11 is 1.36. The minimum absolute atomic E-state index is 0.334. The molecule has 0 spiro atoms. The standard InChI is InChI=1S/C12H14N2O2S.C8H16N2O3/c1-2-16-12(15)10-7-9(8-13)11(17-10)14-5-3-4-6-14;1-5(6(9)11)10-7(12)13-8(2,3)4/h7H,2-6H2,1H3;5H,1-4H3,(H2,9,11)(H,10,12). The van der Waals surface area contributed by atoms with E-state index in [1.165, 1.54) is 18.3 Å². The van der Waals surface area contributed by atoms with E-state index in [2.05, 4.69) is 16.3 Å². The van der Waals surface area contributed by atoms with E-state index in [4.69, 9.17) is 20.5 Å². The van der Waals surface area contributed by atoms with E-state index < -0.39 is 23.6 Å². The normalized spacial score (nSPS) is 14.1. The summed E-state index contributed by atoms with van der Waals surface area (Å²) in [4.78, 5) is 35.9. The molecule has 1 aliphatic rings. The number of thiophene rings is 1. The molecule has 1 aliphatic heterocycles. The van der Waals surface area contributed by atoms with E-state index in [0.29, 0.717) is 17.0 Å². The van der Waals surface area contributed by atoms with Crippen molar-refractivity contribution >= 4 is 34.3 Å². The third kappa shape index (κ3) is 8.29. The van der Waals surface area contributed by atoms with Crippen LogP contribution in [0.25, 0.3) is 0 Å². The number of carbonyl (C=O) groups excluding carboxylic acids is 3. The monoisotopic (exact) mass is 438 g/mol. The van der Waals surface area contributed by atoms with Crippen molar-refractivity contribution < 1.29 is 23.9 Å². The first-order chi connectivity index (χ1) is 14.0. The van der Waals surface area contributed by atoms with Gasteiger partial charge in [0.25, 0.3) is 0 Å². The maximum atomic E-state index is 11.6. The first kappa shape index (κ1) is 25.2. The Morgan fingerprint density at radius 3 is 2.40 bits per heavy atom. The van der Waals surface area contributed by atoms with Crippen molar-refractivity contribution in [3.05, 3.63) is 16.5 Å². The van der Waals surface area contributed by atoms with Crippen LogP contribution in [-0.2, 0) is 14.3 Å². The van der Waals surface area contributed by atoms with Gasteiger partial charge in [-0.25, -0.2) is 9.59 Å². The van der Waals surface area contributed by atoms with Gasteiger partial charge in [0.1, 0.15) is 27.6 Å². The number of alkyl carbamates (subject to hydrolysis) is 1. The van der Waals surface area contributed by atoms with Crippen LogP contribution in [0.15, 0.2) is 6.07 Å². The Balaban J connectivity index is 0.000000314. The average Bonchev–Trinajstić information content (AvgIpc) is 3.30. The first-order valence-corrected chi connectivity index (χ1v) is 10.5. The molecular weight excluding hydrogens is 408 g/mol. The van der Waals surface area contributed by atoms with Crippen LogP contribution < -0.4 is 16.0 Å². The Bertz CT molecular complexity index is 788. The number of nitrogens with two attached hydrogens (primary N) is 1. The van der Waals surface area contributed by atoms with Gasteiger partial charge in [0.2, 0.25) is 5.91 Å². The van der Waals surface area contributed by atoms with Gasteiger partial charge in [-0.05, 0) is 53.5 Å². The number of esters is 1. The Morgan fingerprint density at radius 2 is 1.93 bits per heavy atom. The van der Waals surface area contributed by atoms with Crippen molar-refractivity contribution in [3.8, 4) is 6.07 Å². The predicted molar refractivity (Wildman–Crippen MR) is 114 cm³/mol. The van der Waals surface area contributed by atoms with Crippen molar-refractivity contribution in [3.63, 3.8) is 0 Å². The van der Waals surface area contributed by atoms with E-state index in [1.54, 1.807) is 33.8 Å². The summed E-state index contributed by atoms with van der Waals surface area (Å²) in [5, 5.41) is 12.3. The molecule has 1 saturated heterocycles. The Morgan fingerprint density at radius 1 is 1.33 bits per heavy atom. The van der Waals surface area contributed by atoms with E-state index in [0.717, 1.165) is 30.9 Å². The molecule has 166 valence electrons. The zero-order valence-electron chi connectivity index (χ0n) is 18.1. The van der Waals surface area contributed by atoms with Crippen molar-refractivity contribution in [2.75, 3.05) is 24.6 Å². The lowest BCUT2D eigenvalue weighted by Gasteiger charge is -2.20. The van der Waals surface area contributed by atoms with Gasteiger partial charge in [-0.2, -0.15) is 5.26 Å². The van der Waals surface area contributed by atoms with Crippen molar-refractivity contribution in [1.29, 1.82) is 5.26 Å². The summed E-state index contributed by atoms with van der Waals surface area (Å²) in [6.45, 7) is 10.8. The first-order valence-electron chi connectivity index (χ1n) is 9.73. The average molecular weight is 439 g/mol. The van der Waals surface area contributed by atoms with Gasteiger partial charge >= 0.3 is 12.1 Å². The van der Waals surface area contributed by atoms with E-state index >= 15 is 0 Å². The van der Waals surface area contributed by atoms with Crippen LogP contribution in [0.3, 0.4) is 0 Å². The molecular formula is C20H30N4O5S. The summed E-state index contributed by atoms with van der Waals surface area (Å²) in [5.74, 6) is -0.926. The van der Waals surface area contributed by atoms with Crippen molar-refractivity contribution in [2.45, 2.75) is 59.1 Å². The number of rotatable bonds is 5. The number of hydrogen-bond acceptors (Lipinski definition) is 8. The number of nitrogens with one attached hydrogen (secondary N) is 1. The number of nitriles is 1. The summed E-state index contributed by atoms with van der Waals surface area (Å²) in [6.07, 6.45) is 1.66. The third-order valence-electron chi connectivity index (χ3n) is 3.86. The highest BCUT2D eigenvalue weighted by atomic mass is 32.1. The minimum atomic E-state index is -0.713. The van der Waals surface area contributed by atoms with Gasteiger partial charge in [-0.3, -0.25) is 4.79 Å². The Kier molecular flexibility index (Phi) is 9.59. The summed E-state index contributed by atoms with van der Waals surface area (Å²) in [7, 11) is 0. The molecule has 2 heterocycles. The second kappa shape index (κ2) is 11.4. The Labute approximate surface area is 181 Å². The van der Waals surface area contributed by atoms with Crippen LogP contribution in [0.2, 0.25) is 0 Å². The maximum absolute atomic E-state index is 11.6. The lowest BCUT2D eigenvalue weighted by molar-refractivity contribution is -0.119. The number of ether oxygens (including phenoxy) is 2. The smallest absolute Gasteiger partial charge is 0.408 e. The molecule has 0 aliphatic carbocycles. The fourth-order valence-electron chi connectivity index (χ4n) is 2.47. The quantitative estimate of drug-likeness (QED) is 0.675. The van der Waals surface area contributed by atoms with Gasteiger partial charge in [0, 0.05) is 13.1 Å². The summed E-state index contributed by atoms with van der Waals surface area (Å²) in [5.41, 5.74) is 4.95. The van der Waals surface area contributed by atoms with E-state index in [1.807, 2.05) is 0 Å². The molecule has 1 fully saturated rings. The number of hydrogen-bond donors (Lipinski definition) is 2. The molecule has 2 rings (SSSR count). The molecule has 0 bridgehead atoms. The molecule has 9 nitrogen and oxygen atoms in total. The highest BCUT2D eigenvalue weighted by Crippen LogP contribution is 2.33. The molecule has 1 atom stereocenters. The van der Waals surface area contributed by atoms with Gasteiger partial charge in [-0.1, -0.05) is 0 Å². The van der Waals surface area contributed by atoms with Crippen LogP contribution in [-0.4, -0.2) is 49.3 Å². The van der Waals surface area contributed by atoms with Crippen LogP contribution in [0.1, 0.15) is 62.7 Å². The molecule has 0 aromatic carbocycles. The molecule has 0 saturated carbocycles. The molecule has 1 unspecified atom stereocenters. The zero-order chi connectivity index (χ0) is 22.9. The van der Waals surface area contributed by atoms with Crippen molar-refractivity contribution in [1.82, 2.24) is 5.32 Å². The number of anilines is 1. The molecule has 3 N–H and O–H groups in total. The fourth-order valence-corrected chi connectivity index (χ4v) is 3.53. The van der Waals surface area contributed by atoms with Crippen molar-refractivity contribution in [2.24, 2.45) is 5.73 Å². The predicted octanol–water partition coefficient (Wildman–Crippen LogP) is 2.78. The van der Waals surface area contributed by atoms with Crippen LogP contribution >= 0.6 is 11.3 Å². The molecule has 10 heteroatoms. The topological polar surface area (TPSA) is 135 Å². The third-order valence-corrected chi connectivity index (χ3v) is 5.04. The van der Waals surface area contributed by atoms with Crippen LogP contribution in [0.5, 0.6) is 0 Å². The van der Waals surface area contributed by atoms with Crippen LogP contribution in [0, 0.1) is 11.3 Å². The number of carbonyl (C=O) groups is 3. The highest BCUT2D eigenvalue weighted by molar-refractivity contribution is 7.18. The molecule has 1 aromatic rings. The number of amides is 2. The largest absolute Gasteiger partial charge is 0.462 e.